The molecule has 13 heteroatoms. The highest BCUT2D eigenvalue weighted by molar-refractivity contribution is 6.15. The molecule has 0 aliphatic carbocycles. The molecule has 13 nitrogen and oxygen atoms in total. The van der Waals surface area contributed by atoms with Gasteiger partial charge in [-0.2, -0.15) is 36.8 Å². The van der Waals surface area contributed by atoms with Crippen LogP contribution in [-0.4, -0.2) is 29.1 Å². The van der Waals surface area contributed by atoms with E-state index >= 15 is 0 Å². The minimum absolute atomic E-state index is 0.375. The average Bonchev–Trinajstić information content (AvgIpc) is 1.29. The molecule has 130 heavy (non-hydrogen) atoms. The van der Waals surface area contributed by atoms with Crippen LogP contribution in [0.4, 0.5) is 0 Å². The van der Waals surface area contributed by atoms with E-state index in [-0.39, 0.29) is 0 Å². The molecule has 0 N–H and O–H groups in total. The first kappa shape index (κ1) is 78.2. The summed E-state index contributed by atoms with van der Waals surface area (Å²) in [5.41, 5.74) is 28.9. The Kier molecular flexibility index (Phi) is 20.0. The third-order valence-electron chi connectivity index (χ3n) is 24.2. The molecule has 0 aliphatic rings. The third-order valence-corrected chi connectivity index (χ3v) is 24.2. The molecule has 0 aliphatic heterocycles. The van der Waals surface area contributed by atoms with Crippen LogP contribution in [-0.2, 0) is 0 Å². The van der Waals surface area contributed by atoms with Crippen molar-refractivity contribution >= 4 is 43.6 Å². The first-order valence-corrected chi connectivity index (χ1v) is 42.2. The highest BCUT2D eigenvalue weighted by atomic mass is 15.0. The lowest BCUT2D eigenvalue weighted by atomic mass is 9.87. The first-order valence-electron chi connectivity index (χ1n) is 42.2. The van der Waals surface area contributed by atoms with E-state index in [0.29, 0.717) is 95.6 Å². The monoisotopic (exact) mass is 1650 g/mol. The molecule has 598 valence electrons. The number of hydrogen-bond donors (Lipinski definition) is 0. The zero-order valence-corrected chi connectivity index (χ0v) is 69.3. The van der Waals surface area contributed by atoms with Crippen LogP contribution in [0.3, 0.4) is 0 Å². The van der Waals surface area contributed by atoms with Gasteiger partial charge in [0.1, 0.15) is 0 Å². The number of para-hydroxylation sites is 1. The maximum absolute atomic E-state index is 10.5. The van der Waals surface area contributed by atoms with Crippen molar-refractivity contribution < 1.29 is 0 Å². The van der Waals surface area contributed by atoms with Crippen molar-refractivity contribution in [3.05, 3.63) is 433 Å². The summed E-state index contributed by atoms with van der Waals surface area (Å²) in [6.07, 6.45) is 0. The summed E-state index contributed by atoms with van der Waals surface area (Å²) in [5, 5.41) is 75.4. The van der Waals surface area contributed by atoms with Gasteiger partial charge in [0.05, 0.1) is 138 Å². The van der Waals surface area contributed by atoms with E-state index in [4.69, 9.17) is 19.9 Å². The fourth-order valence-corrected chi connectivity index (χ4v) is 17.9. The SMILES string of the molecule is N#Cc1ccc(-c2ccc3c(c2)c2ccccc2n3-c2c(-c3ccc(C#N)cc3)cc(-c3nc(-c4ccccc4)c(-c4c(-c5ccccc5)nc(-c5cc(-c6ccc(C#N)cc6)c(-n6c7ccc(-c8ccc(C#N)cc8)cc7c7cc(-c8ccc(C#N)cc8)ccc76)c(-c6ccc(C#N)cc6)c5)nc4-c4ccccc4)c(-c4ccccc4)n3)cc2-c2ccc(C#N)cc2)cc1. The van der Waals surface area contributed by atoms with E-state index in [1.54, 1.807) is 0 Å². The van der Waals surface area contributed by atoms with Gasteiger partial charge in [0.15, 0.2) is 11.6 Å². The molecule has 0 saturated carbocycles. The van der Waals surface area contributed by atoms with Crippen LogP contribution in [0.15, 0.2) is 394 Å². The van der Waals surface area contributed by atoms with Gasteiger partial charge in [-0.25, -0.2) is 19.9 Å². The van der Waals surface area contributed by atoms with Crippen molar-refractivity contribution in [3.63, 3.8) is 0 Å². The summed E-state index contributed by atoms with van der Waals surface area (Å²) in [5.74, 6) is 0.763. The van der Waals surface area contributed by atoms with E-state index in [0.717, 1.165) is 155 Å². The Morgan fingerprint density at radius 1 is 0.169 bits per heavy atom. The maximum atomic E-state index is 10.5. The van der Waals surface area contributed by atoms with Gasteiger partial charge in [0.25, 0.3) is 0 Å². The van der Waals surface area contributed by atoms with Crippen LogP contribution in [0, 0.1) is 79.3 Å². The van der Waals surface area contributed by atoms with Gasteiger partial charge in [0.2, 0.25) is 0 Å². The Bertz CT molecular complexity index is 8060. The van der Waals surface area contributed by atoms with Gasteiger partial charge in [-0.15, -0.1) is 0 Å². The number of fused-ring (bicyclic) bond motifs is 6. The van der Waals surface area contributed by atoms with Crippen molar-refractivity contribution in [2.45, 2.75) is 0 Å². The van der Waals surface area contributed by atoms with Gasteiger partial charge in [-0.1, -0.05) is 243 Å². The molecule has 0 atom stereocenters. The number of nitrogens with zero attached hydrogens (tertiary/aromatic N) is 13. The molecule has 21 aromatic rings. The van der Waals surface area contributed by atoms with Gasteiger partial charge in [-0.3, -0.25) is 0 Å². The zero-order valence-electron chi connectivity index (χ0n) is 69.3. The van der Waals surface area contributed by atoms with Gasteiger partial charge >= 0.3 is 0 Å². The lowest BCUT2D eigenvalue weighted by Gasteiger charge is -2.24. The summed E-state index contributed by atoms with van der Waals surface area (Å²) in [6, 6.07) is 147. The molecule has 4 aromatic heterocycles. The Labute approximate surface area is 748 Å². The van der Waals surface area contributed by atoms with Gasteiger partial charge < -0.3 is 9.13 Å². The van der Waals surface area contributed by atoms with E-state index in [2.05, 4.69) is 203 Å². The molecule has 0 spiro atoms. The molecular weight excluding hydrogens is 1590 g/mol. The largest absolute Gasteiger partial charge is 0.308 e. The predicted molar refractivity (Wildman–Crippen MR) is 515 cm³/mol. The van der Waals surface area contributed by atoms with Crippen molar-refractivity contribution in [2.24, 2.45) is 0 Å². The lowest BCUT2D eigenvalue weighted by Crippen LogP contribution is -2.07. The van der Waals surface area contributed by atoms with Crippen LogP contribution >= 0.6 is 0 Å². The van der Waals surface area contributed by atoms with E-state index < -0.39 is 0 Å². The molecule has 0 radical (unpaired) electrons. The lowest BCUT2D eigenvalue weighted by molar-refractivity contribution is 1.15. The quantitative estimate of drug-likeness (QED) is 0.0883. The molecule has 17 aromatic carbocycles. The minimum atomic E-state index is 0.375. The maximum Gasteiger partial charge on any atom is 0.160 e. The molecule has 0 bridgehead atoms. The second kappa shape index (κ2) is 33.3. The molecule has 21 rings (SSSR count). The van der Waals surface area contributed by atoms with Crippen molar-refractivity contribution in [3.8, 4) is 211 Å². The fourth-order valence-electron chi connectivity index (χ4n) is 17.9. The van der Waals surface area contributed by atoms with Crippen molar-refractivity contribution in [1.82, 2.24) is 29.1 Å². The highest BCUT2D eigenvalue weighted by Gasteiger charge is 2.32. The van der Waals surface area contributed by atoms with Crippen LogP contribution in [0.1, 0.15) is 38.9 Å². The molecule has 4 heterocycles. The van der Waals surface area contributed by atoms with E-state index in [9.17, 15) is 36.8 Å². The van der Waals surface area contributed by atoms with Gasteiger partial charge in [0, 0.05) is 88.3 Å². The summed E-state index contributed by atoms with van der Waals surface area (Å²) >= 11 is 0. The number of rotatable bonds is 16. The number of aromatic nitrogens is 6. The number of benzene rings is 17. The Morgan fingerprint density at radius 2 is 0.377 bits per heavy atom. The van der Waals surface area contributed by atoms with Crippen molar-refractivity contribution in [2.75, 3.05) is 0 Å². The normalized spacial score (nSPS) is 11.0. The Morgan fingerprint density at radius 3 is 0.623 bits per heavy atom. The van der Waals surface area contributed by atoms with E-state index in [1.807, 2.05) is 243 Å². The summed E-state index contributed by atoms with van der Waals surface area (Å²) in [4.78, 5) is 24.0. The number of hydrogen-bond acceptors (Lipinski definition) is 11. The fraction of sp³-hybridized carbons (Fsp3) is 0. The standard InChI is InChI=1S/C117H65N13/c118-66-73-25-39-80(40-26-73)91-53-56-105-101(59-91)96-23-13-14-24-104(96)129(105)114-97(83-45-31-76(69-121)32-46-83)62-94(63-98(114)84-47-33-77(70-122)34-48-84)116-125-110(87-15-5-1-6-16-87)108(111(126-116)88-17-7-2-8-18-88)109-112(89-19-9-3-10-20-89)127-117(128-113(109)90-21-11-4-12-22-90)95-64-99(85-49-35-78(71-123)36-50-85)115(100(65-95)86-51-37-79(72-124)38-52-86)130-106-57-54-92(81-41-27-74(67-119)28-42-81)60-102(106)103-61-93(55-58-107(103)130)82-43-29-75(68-120)30-44-82/h1-65H. The molecule has 0 unspecified atom stereocenters. The van der Waals surface area contributed by atoms with Crippen LogP contribution < -0.4 is 0 Å². The first-order chi connectivity index (χ1) is 64.1. The molecule has 0 amide bonds. The number of nitriles is 7. The summed E-state index contributed by atoms with van der Waals surface area (Å²) in [7, 11) is 0. The molecule has 0 saturated heterocycles. The molecule has 0 fully saturated rings. The minimum Gasteiger partial charge on any atom is -0.308 e. The Hall–Kier alpha value is -19.1. The Balaban J connectivity index is 0.848. The second-order valence-corrected chi connectivity index (χ2v) is 31.8. The average molecular weight is 1650 g/mol. The smallest absolute Gasteiger partial charge is 0.160 e. The van der Waals surface area contributed by atoms with Gasteiger partial charge in [-0.05, 0) is 207 Å². The van der Waals surface area contributed by atoms with Crippen molar-refractivity contribution in [1.29, 1.82) is 36.8 Å². The van der Waals surface area contributed by atoms with Crippen LogP contribution in [0.2, 0.25) is 0 Å². The third kappa shape index (κ3) is 14.2. The zero-order chi connectivity index (χ0) is 87.9. The highest BCUT2D eigenvalue weighted by Crippen LogP contribution is 2.52. The summed E-state index contributed by atoms with van der Waals surface area (Å²) in [6.45, 7) is 0. The van der Waals surface area contributed by atoms with Crippen LogP contribution in [0.5, 0.6) is 0 Å². The topological polar surface area (TPSA) is 228 Å². The van der Waals surface area contributed by atoms with E-state index in [1.165, 1.54) is 0 Å². The van der Waals surface area contributed by atoms with Crippen LogP contribution in [0.25, 0.3) is 212 Å². The second-order valence-electron chi connectivity index (χ2n) is 31.8. The summed E-state index contributed by atoms with van der Waals surface area (Å²) < 4.78 is 4.63. The molecular formula is C117H65N13. The predicted octanol–water partition coefficient (Wildman–Crippen LogP) is 27.9.